The summed E-state index contributed by atoms with van der Waals surface area (Å²) in [6.07, 6.45) is 1.65. The van der Waals surface area contributed by atoms with Gasteiger partial charge in [0.2, 0.25) is 5.95 Å². The van der Waals surface area contributed by atoms with Crippen LogP contribution in [0.25, 0.3) is 11.0 Å². The number of piperazine rings is 1. The molecule has 8 nitrogen and oxygen atoms in total. The Hall–Kier alpha value is -4.22. The molecule has 1 saturated heterocycles. The second-order valence-electron chi connectivity index (χ2n) is 8.87. The largest absolute Gasteiger partial charge is 0.369 e. The second kappa shape index (κ2) is 9.57. The van der Waals surface area contributed by atoms with Gasteiger partial charge in [0.15, 0.2) is 0 Å². The van der Waals surface area contributed by atoms with Gasteiger partial charge in [-0.2, -0.15) is 10.2 Å². The SMILES string of the molecule is CC(c1ccccc1)n1c(=O)c(C#N)cc2cnc(Nc3ccc(N4CCN(C)CC4)cc3)nc21. The summed E-state index contributed by atoms with van der Waals surface area (Å²) < 4.78 is 1.58. The molecule has 1 atom stereocenters. The lowest BCUT2D eigenvalue weighted by molar-refractivity contribution is 0.313. The highest BCUT2D eigenvalue weighted by Crippen LogP contribution is 2.24. The van der Waals surface area contributed by atoms with E-state index in [0.717, 1.165) is 37.4 Å². The average molecular weight is 466 g/mol. The normalized spacial score (nSPS) is 15.1. The third-order valence-corrected chi connectivity index (χ3v) is 6.55. The molecular formula is C27H27N7O. The summed E-state index contributed by atoms with van der Waals surface area (Å²) in [5, 5.41) is 13.4. The summed E-state index contributed by atoms with van der Waals surface area (Å²) in [5.41, 5.74) is 3.20. The van der Waals surface area contributed by atoms with Gasteiger partial charge in [-0.15, -0.1) is 0 Å². The Balaban J connectivity index is 1.47. The van der Waals surface area contributed by atoms with E-state index in [2.05, 4.69) is 44.3 Å². The summed E-state index contributed by atoms with van der Waals surface area (Å²) in [7, 11) is 2.15. The number of nitrogens with one attached hydrogen (secondary N) is 1. The van der Waals surface area contributed by atoms with Crippen LogP contribution >= 0.6 is 0 Å². The van der Waals surface area contributed by atoms with Gasteiger partial charge in [0.1, 0.15) is 17.3 Å². The Morgan fingerprint density at radius 2 is 1.74 bits per heavy atom. The number of hydrogen-bond acceptors (Lipinski definition) is 7. The van der Waals surface area contributed by atoms with Crippen LogP contribution in [0.5, 0.6) is 0 Å². The number of benzene rings is 2. The van der Waals surface area contributed by atoms with Gasteiger partial charge in [0.05, 0.1) is 6.04 Å². The van der Waals surface area contributed by atoms with Gasteiger partial charge < -0.3 is 15.1 Å². The molecule has 4 aromatic rings. The van der Waals surface area contributed by atoms with Crippen LogP contribution in [0.15, 0.2) is 71.7 Å². The van der Waals surface area contributed by atoms with Crippen LogP contribution in [-0.4, -0.2) is 52.7 Å². The van der Waals surface area contributed by atoms with E-state index >= 15 is 0 Å². The van der Waals surface area contributed by atoms with Crippen molar-refractivity contribution in [3.05, 3.63) is 88.3 Å². The van der Waals surface area contributed by atoms with Crippen LogP contribution in [0.4, 0.5) is 17.3 Å². The fraction of sp³-hybridized carbons (Fsp3) is 0.259. The molecule has 0 amide bonds. The molecule has 1 aliphatic heterocycles. The zero-order valence-corrected chi connectivity index (χ0v) is 19.8. The molecule has 1 N–H and O–H groups in total. The molecule has 1 fully saturated rings. The maximum absolute atomic E-state index is 13.2. The van der Waals surface area contributed by atoms with Gasteiger partial charge in [0, 0.05) is 49.1 Å². The van der Waals surface area contributed by atoms with E-state index in [-0.39, 0.29) is 17.2 Å². The molecule has 0 aliphatic carbocycles. The third-order valence-electron chi connectivity index (χ3n) is 6.55. The van der Waals surface area contributed by atoms with Crippen LogP contribution in [0.2, 0.25) is 0 Å². The summed E-state index contributed by atoms with van der Waals surface area (Å²) >= 11 is 0. The number of nitriles is 1. The number of likely N-dealkylation sites (N-methyl/N-ethyl adjacent to an activating group) is 1. The molecule has 2 aromatic carbocycles. The molecule has 5 rings (SSSR count). The quantitative estimate of drug-likeness (QED) is 0.480. The average Bonchev–Trinajstić information content (AvgIpc) is 2.89. The molecule has 2 aromatic heterocycles. The Morgan fingerprint density at radius 1 is 1.03 bits per heavy atom. The molecule has 1 unspecified atom stereocenters. The monoisotopic (exact) mass is 465 g/mol. The van der Waals surface area contributed by atoms with Crippen molar-refractivity contribution in [1.82, 2.24) is 19.4 Å². The van der Waals surface area contributed by atoms with Gasteiger partial charge in [-0.25, -0.2) is 4.98 Å². The maximum Gasteiger partial charge on any atom is 0.270 e. The van der Waals surface area contributed by atoms with Crippen LogP contribution in [0.3, 0.4) is 0 Å². The molecule has 1 aliphatic rings. The van der Waals surface area contributed by atoms with E-state index in [1.54, 1.807) is 16.8 Å². The lowest BCUT2D eigenvalue weighted by Crippen LogP contribution is -2.44. The summed E-state index contributed by atoms with van der Waals surface area (Å²) in [4.78, 5) is 27.0. The van der Waals surface area contributed by atoms with Gasteiger partial charge in [-0.05, 0) is 49.9 Å². The molecular weight excluding hydrogens is 438 g/mol. The highest BCUT2D eigenvalue weighted by molar-refractivity contribution is 5.77. The van der Waals surface area contributed by atoms with Gasteiger partial charge in [0.25, 0.3) is 5.56 Å². The molecule has 35 heavy (non-hydrogen) atoms. The lowest BCUT2D eigenvalue weighted by atomic mass is 10.1. The molecule has 8 heteroatoms. The molecule has 176 valence electrons. The fourth-order valence-corrected chi connectivity index (χ4v) is 4.45. The maximum atomic E-state index is 13.2. The van der Waals surface area contributed by atoms with Crippen molar-refractivity contribution in [2.45, 2.75) is 13.0 Å². The minimum Gasteiger partial charge on any atom is -0.369 e. The number of hydrogen-bond donors (Lipinski definition) is 1. The van der Waals surface area contributed by atoms with Crippen LogP contribution in [-0.2, 0) is 0 Å². The van der Waals surface area contributed by atoms with E-state index in [1.165, 1.54) is 5.69 Å². The summed E-state index contributed by atoms with van der Waals surface area (Å²) in [6.45, 7) is 6.07. The van der Waals surface area contributed by atoms with Crippen LogP contribution in [0, 0.1) is 11.3 Å². The highest BCUT2D eigenvalue weighted by Gasteiger charge is 2.18. The smallest absolute Gasteiger partial charge is 0.270 e. The summed E-state index contributed by atoms with van der Waals surface area (Å²) in [6, 6.07) is 21.2. The highest BCUT2D eigenvalue weighted by atomic mass is 16.1. The number of rotatable bonds is 5. The number of anilines is 3. The Kier molecular flexibility index (Phi) is 6.17. The molecule has 0 spiro atoms. The number of pyridine rings is 1. The standard InChI is InChI=1S/C27H27N7O/c1-19(20-6-4-3-5-7-20)34-25-22(16-21(17-28)26(34)35)18-29-27(31-25)30-23-8-10-24(11-9-23)33-14-12-32(2)13-15-33/h3-11,16,18-19H,12-15H2,1-2H3,(H,29,30,31). The predicted molar refractivity (Wildman–Crippen MR) is 138 cm³/mol. The lowest BCUT2D eigenvalue weighted by Gasteiger charge is -2.34. The topological polar surface area (TPSA) is 90.1 Å². The first-order valence-corrected chi connectivity index (χ1v) is 11.7. The Morgan fingerprint density at radius 3 is 2.43 bits per heavy atom. The molecule has 0 radical (unpaired) electrons. The summed E-state index contributed by atoms with van der Waals surface area (Å²) in [5.74, 6) is 0.392. The van der Waals surface area contributed by atoms with E-state index in [1.807, 2.05) is 55.5 Å². The first-order chi connectivity index (χ1) is 17.0. The van der Waals surface area contributed by atoms with Crippen molar-refractivity contribution >= 4 is 28.4 Å². The van der Waals surface area contributed by atoms with Gasteiger partial charge in [-0.1, -0.05) is 30.3 Å². The minimum absolute atomic E-state index is 0.0732. The zero-order chi connectivity index (χ0) is 24.4. The van der Waals surface area contributed by atoms with Crippen molar-refractivity contribution in [3.63, 3.8) is 0 Å². The van der Waals surface area contributed by atoms with Crippen LogP contribution < -0.4 is 15.8 Å². The molecule has 3 heterocycles. The van der Waals surface area contributed by atoms with E-state index in [9.17, 15) is 10.1 Å². The first kappa shape index (κ1) is 22.6. The van der Waals surface area contributed by atoms with Crippen molar-refractivity contribution in [3.8, 4) is 6.07 Å². The zero-order valence-electron chi connectivity index (χ0n) is 19.8. The van der Waals surface area contributed by atoms with Crippen molar-refractivity contribution in [2.75, 3.05) is 43.4 Å². The van der Waals surface area contributed by atoms with Crippen molar-refractivity contribution < 1.29 is 0 Å². The van der Waals surface area contributed by atoms with Gasteiger partial charge >= 0.3 is 0 Å². The second-order valence-corrected chi connectivity index (χ2v) is 8.87. The first-order valence-electron chi connectivity index (χ1n) is 11.7. The number of aromatic nitrogens is 3. The number of nitrogens with zero attached hydrogens (tertiary/aromatic N) is 6. The van der Waals surface area contributed by atoms with Crippen molar-refractivity contribution in [1.29, 1.82) is 5.26 Å². The molecule has 0 saturated carbocycles. The van der Waals surface area contributed by atoms with E-state index < -0.39 is 0 Å². The van der Waals surface area contributed by atoms with E-state index in [4.69, 9.17) is 0 Å². The minimum atomic E-state index is -0.363. The third kappa shape index (κ3) is 4.59. The van der Waals surface area contributed by atoms with Gasteiger partial charge in [-0.3, -0.25) is 9.36 Å². The van der Waals surface area contributed by atoms with Crippen LogP contribution in [0.1, 0.15) is 24.1 Å². The fourth-order valence-electron chi connectivity index (χ4n) is 4.45. The Labute approximate surface area is 204 Å². The molecule has 0 bridgehead atoms. The Bertz CT molecular complexity index is 1430. The predicted octanol–water partition coefficient (Wildman–Crippen LogP) is 3.77. The van der Waals surface area contributed by atoms with Crippen molar-refractivity contribution in [2.24, 2.45) is 0 Å². The van der Waals surface area contributed by atoms with E-state index in [0.29, 0.717) is 17.0 Å². The number of fused-ring (bicyclic) bond motifs is 1.